The molecule has 0 radical (unpaired) electrons. The summed E-state index contributed by atoms with van der Waals surface area (Å²) < 4.78 is 1.36. The largest absolute Gasteiger partial charge is 0.368 e. The second-order valence-corrected chi connectivity index (χ2v) is 7.41. The number of amides is 2. The molecule has 0 aromatic carbocycles. The van der Waals surface area contributed by atoms with E-state index in [9.17, 15) is 9.90 Å². The highest BCUT2D eigenvalue weighted by Gasteiger charge is 2.34. The van der Waals surface area contributed by atoms with E-state index in [2.05, 4.69) is 17.2 Å². The first kappa shape index (κ1) is 19.1. The third-order valence-corrected chi connectivity index (χ3v) is 5.37. The third-order valence-electron chi connectivity index (χ3n) is 4.30. The second kappa shape index (κ2) is 9.89. The number of fused-ring (bicyclic) bond motifs is 1. The van der Waals surface area contributed by atoms with Crippen molar-refractivity contribution in [2.24, 2.45) is 0 Å². The molecule has 0 saturated heterocycles. The Bertz CT molecular complexity index is 527. The average molecular weight is 352 g/mol. The smallest absolute Gasteiger partial charge is 0.330 e. The van der Waals surface area contributed by atoms with E-state index in [4.69, 9.17) is 0 Å². The van der Waals surface area contributed by atoms with Gasteiger partial charge in [-0.1, -0.05) is 57.9 Å². The molecule has 2 rings (SSSR count). The van der Waals surface area contributed by atoms with Crippen molar-refractivity contribution >= 4 is 18.0 Å². The number of nitrogens with zero attached hydrogens (tertiary/aromatic N) is 2. The van der Waals surface area contributed by atoms with Crippen LogP contribution in [-0.4, -0.2) is 26.5 Å². The van der Waals surface area contributed by atoms with Gasteiger partial charge in [-0.3, -0.25) is 0 Å². The Labute approximate surface area is 149 Å². The Morgan fingerprint density at radius 2 is 2.04 bits per heavy atom. The molecule has 1 aliphatic heterocycles. The fourth-order valence-corrected chi connectivity index (χ4v) is 3.77. The first-order valence-corrected chi connectivity index (χ1v) is 9.81. The lowest BCUT2D eigenvalue weighted by molar-refractivity contribution is 0.0890. The first-order valence-electron chi connectivity index (χ1n) is 9.04. The van der Waals surface area contributed by atoms with E-state index < -0.39 is 6.23 Å². The standard InChI is InChI=1S/C18H29N3O2S/c1-3-4-5-6-7-8-9-11-14(2)20-18(23)21-17(22)15-12-10-13-19-16(15)24-21/h10,12-14,17,22H,3-9,11H2,1-2H3,(H,20,23). The summed E-state index contributed by atoms with van der Waals surface area (Å²) in [6.07, 6.45) is 10.6. The predicted octanol–water partition coefficient (Wildman–Crippen LogP) is 4.63. The van der Waals surface area contributed by atoms with E-state index in [-0.39, 0.29) is 12.1 Å². The van der Waals surface area contributed by atoms with Crippen molar-refractivity contribution in [1.29, 1.82) is 0 Å². The SMILES string of the molecule is CCCCCCCCCC(C)NC(=O)N1Sc2ncccc2C1O. The van der Waals surface area contributed by atoms with Crippen LogP contribution in [0.15, 0.2) is 23.4 Å². The van der Waals surface area contributed by atoms with Gasteiger partial charge in [0.25, 0.3) is 0 Å². The second-order valence-electron chi connectivity index (χ2n) is 6.45. The Kier molecular flexibility index (Phi) is 7.85. The Morgan fingerprint density at radius 1 is 1.33 bits per heavy atom. The fraction of sp³-hybridized carbons (Fsp3) is 0.667. The Morgan fingerprint density at radius 3 is 2.75 bits per heavy atom. The van der Waals surface area contributed by atoms with Crippen LogP contribution in [0, 0.1) is 0 Å². The highest BCUT2D eigenvalue weighted by Crippen LogP contribution is 2.41. The molecule has 1 aromatic heterocycles. The summed E-state index contributed by atoms with van der Waals surface area (Å²) in [6, 6.07) is 3.43. The molecule has 5 nitrogen and oxygen atoms in total. The molecule has 1 aromatic rings. The summed E-state index contributed by atoms with van der Waals surface area (Å²) in [5.41, 5.74) is 0.692. The molecule has 2 heterocycles. The van der Waals surface area contributed by atoms with Crippen molar-refractivity contribution in [2.45, 2.75) is 82.5 Å². The minimum atomic E-state index is -0.926. The fourth-order valence-electron chi connectivity index (χ4n) is 2.85. The van der Waals surface area contributed by atoms with Crippen LogP contribution in [0.2, 0.25) is 0 Å². The van der Waals surface area contributed by atoms with E-state index in [0.29, 0.717) is 10.6 Å². The van der Waals surface area contributed by atoms with Crippen molar-refractivity contribution in [2.75, 3.05) is 0 Å². The van der Waals surface area contributed by atoms with Crippen LogP contribution in [0.1, 0.15) is 77.0 Å². The molecule has 0 bridgehead atoms. The number of carbonyl (C=O) groups is 1. The predicted molar refractivity (Wildman–Crippen MR) is 97.5 cm³/mol. The molecule has 24 heavy (non-hydrogen) atoms. The van der Waals surface area contributed by atoms with Gasteiger partial charge < -0.3 is 10.4 Å². The normalized spacial score (nSPS) is 17.6. The van der Waals surface area contributed by atoms with Crippen LogP contribution in [0.25, 0.3) is 0 Å². The zero-order chi connectivity index (χ0) is 17.4. The van der Waals surface area contributed by atoms with Crippen molar-refractivity contribution < 1.29 is 9.90 Å². The highest BCUT2D eigenvalue weighted by atomic mass is 32.2. The number of aromatic nitrogens is 1. The van der Waals surface area contributed by atoms with Gasteiger partial charge in [0.1, 0.15) is 5.03 Å². The molecule has 1 aliphatic rings. The number of rotatable bonds is 9. The number of unbranched alkanes of at least 4 members (excludes halogenated alkanes) is 6. The van der Waals surface area contributed by atoms with Crippen LogP contribution in [0.4, 0.5) is 4.79 Å². The monoisotopic (exact) mass is 351 g/mol. The maximum atomic E-state index is 12.3. The number of hydrogen-bond donors (Lipinski definition) is 2. The van der Waals surface area contributed by atoms with Gasteiger partial charge in [-0.05, 0) is 19.4 Å². The number of carbonyl (C=O) groups excluding carboxylic acids is 1. The molecular weight excluding hydrogens is 322 g/mol. The molecule has 0 spiro atoms. The van der Waals surface area contributed by atoms with Gasteiger partial charge in [0.15, 0.2) is 6.23 Å². The van der Waals surface area contributed by atoms with Gasteiger partial charge in [0.05, 0.1) is 0 Å². The molecule has 0 fully saturated rings. The maximum absolute atomic E-state index is 12.3. The van der Waals surface area contributed by atoms with Crippen molar-refractivity contribution in [3.8, 4) is 0 Å². The molecule has 134 valence electrons. The molecule has 6 heteroatoms. The van der Waals surface area contributed by atoms with Crippen molar-refractivity contribution in [3.63, 3.8) is 0 Å². The number of aliphatic hydroxyl groups excluding tert-OH is 1. The van der Waals surface area contributed by atoms with Gasteiger partial charge in [-0.15, -0.1) is 0 Å². The summed E-state index contributed by atoms with van der Waals surface area (Å²) in [4.78, 5) is 16.5. The minimum absolute atomic E-state index is 0.109. The molecular formula is C18H29N3O2S. The van der Waals surface area contributed by atoms with Gasteiger partial charge in [-0.2, -0.15) is 0 Å². The van der Waals surface area contributed by atoms with Crippen molar-refractivity contribution in [1.82, 2.24) is 14.6 Å². The van der Waals surface area contributed by atoms with Gasteiger partial charge in [0, 0.05) is 29.8 Å². The van der Waals surface area contributed by atoms with E-state index in [1.54, 1.807) is 18.3 Å². The van der Waals surface area contributed by atoms with Crippen molar-refractivity contribution in [3.05, 3.63) is 23.9 Å². The molecule has 2 unspecified atom stereocenters. The number of hydrogen-bond acceptors (Lipinski definition) is 4. The maximum Gasteiger partial charge on any atom is 0.330 e. The van der Waals surface area contributed by atoms with E-state index >= 15 is 0 Å². The lowest BCUT2D eigenvalue weighted by Crippen LogP contribution is -2.40. The van der Waals surface area contributed by atoms with Crippen LogP contribution >= 0.6 is 11.9 Å². The van der Waals surface area contributed by atoms with Crippen LogP contribution in [0.3, 0.4) is 0 Å². The van der Waals surface area contributed by atoms with E-state index in [0.717, 1.165) is 12.8 Å². The molecule has 0 saturated carbocycles. The van der Waals surface area contributed by atoms with Crippen LogP contribution in [0.5, 0.6) is 0 Å². The molecule has 2 N–H and O–H groups in total. The van der Waals surface area contributed by atoms with Gasteiger partial charge in [0.2, 0.25) is 0 Å². The van der Waals surface area contributed by atoms with Gasteiger partial charge in [-0.25, -0.2) is 14.1 Å². The highest BCUT2D eigenvalue weighted by molar-refractivity contribution is 7.97. The zero-order valence-electron chi connectivity index (χ0n) is 14.7. The summed E-state index contributed by atoms with van der Waals surface area (Å²) in [5.74, 6) is 0. The Balaban J connectivity index is 1.66. The third kappa shape index (κ3) is 5.38. The van der Waals surface area contributed by atoms with Crippen LogP contribution in [-0.2, 0) is 0 Å². The number of nitrogens with one attached hydrogen (secondary N) is 1. The number of pyridine rings is 1. The summed E-state index contributed by atoms with van der Waals surface area (Å²) in [5, 5.41) is 13.9. The Hall–Kier alpha value is -1.27. The van der Waals surface area contributed by atoms with E-state index in [1.807, 2.05) is 6.92 Å². The lowest BCUT2D eigenvalue weighted by Gasteiger charge is -2.22. The number of urea groups is 1. The summed E-state index contributed by atoms with van der Waals surface area (Å²) in [6.45, 7) is 4.25. The number of aliphatic hydroxyl groups is 1. The summed E-state index contributed by atoms with van der Waals surface area (Å²) in [7, 11) is 0. The first-order chi connectivity index (χ1) is 11.6. The van der Waals surface area contributed by atoms with E-state index in [1.165, 1.54) is 54.8 Å². The summed E-state index contributed by atoms with van der Waals surface area (Å²) >= 11 is 1.19. The zero-order valence-corrected chi connectivity index (χ0v) is 15.5. The molecule has 0 aliphatic carbocycles. The topological polar surface area (TPSA) is 65.5 Å². The van der Waals surface area contributed by atoms with Gasteiger partial charge >= 0.3 is 6.03 Å². The molecule has 2 amide bonds. The van der Waals surface area contributed by atoms with Crippen LogP contribution < -0.4 is 5.32 Å². The average Bonchev–Trinajstić information content (AvgIpc) is 2.91. The minimum Gasteiger partial charge on any atom is -0.368 e. The quantitative estimate of drug-likeness (QED) is 0.503. The molecule has 2 atom stereocenters. The lowest BCUT2D eigenvalue weighted by atomic mass is 10.1.